The molecule has 0 amide bonds. The summed E-state index contributed by atoms with van der Waals surface area (Å²) in [6.45, 7) is 7.61. The first-order valence-electron chi connectivity index (χ1n) is 2.77. The number of nitrogens with zero attached hydrogens (tertiary/aromatic N) is 2. The molecule has 0 rings (SSSR count). The Morgan fingerprint density at radius 1 is 1.33 bits per heavy atom. The van der Waals surface area contributed by atoms with Crippen LogP contribution in [0.4, 0.5) is 0 Å². The van der Waals surface area contributed by atoms with Gasteiger partial charge in [0.2, 0.25) is 0 Å². The molecule has 9 heavy (non-hydrogen) atoms. The summed E-state index contributed by atoms with van der Waals surface area (Å²) in [4.78, 5) is 0. The van der Waals surface area contributed by atoms with Crippen LogP contribution in [0.25, 0.3) is 5.53 Å². The van der Waals surface area contributed by atoms with Gasteiger partial charge in [-0.1, -0.05) is 0 Å². The molecule has 0 aliphatic carbocycles. The van der Waals surface area contributed by atoms with Crippen molar-refractivity contribution in [2.75, 3.05) is 0 Å². The van der Waals surface area contributed by atoms with E-state index in [0.29, 0.717) is 0 Å². The Kier molecular flexibility index (Phi) is 28.9. The Hall–Kier alpha value is 0.704. The average molecular weight is 203 g/mol. The van der Waals surface area contributed by atoms with E-state index in [1.807, 2.05) is 20.3 Å². The Labute approximate surface area is 83.2 Å². The molecule has 53 valence electrons. The van der Waals surface area contributed by atoms with Gasteiger partial charge >= 0.3 is 0 Å². The molecule has 0 atom stereocenters. The zero-order valence-corrected chi connectivity index (χ0v) is 9.46. The minimum absolute atomic E-state index is 0. The molecule has 1 radical (unpaired) electrons. The van der Waals surface area contributed by atoms with Crippen LogP contribution in [-0.4, -0.2) is 6.04 Å². The second-order valence-corrected chi connectivity index (χ2v) is 1.79. The van der Waals surface area contributed by atoms with Crippen molar-refractivity contribution in [1.82, 2.24) is 0 Å². The molecule has 0 aliphatic heterocycles. The van der Waals surface area contributed by atoms with E-state index >= 15 is 0 Å². The van der Waals surface area contributed by atoms with Gasteiger partial charge in [-0.25, -0.2) is 0 Å². The predicted molar refractivity (Wildman–Crippen MR) is 36.6 cm³/mol. The quantitative estimate of drug-likeness (QED) is 0.463. The third-order valence-electron chi connectivity index (χ3n) is 0.231. The molecule has 2 nitrogen and oxygen atoms in total. The van der Waals surface area contributed by atoms with Crippen molar-refractivity contribution >= 4 is 0 Å². The second-order valence-electron chi connectivity index (χ2n) is 1.79. The van der Waals surface area contributed by atoms with Crippen molar-refractivity contribution in [3.05, 3.63) is 12.0 Å². The summed E-state index contributed by atoms with van der Waals surface area (Å²) >= 11 is 0. The zero-order valence-electron chi connectivity index (χ0n) is 6.63. The van der Waals surface area contributed by atoms with Crippen molar-refractivity contribution in [2.24, 2.45) is 5.11 Å². The maximum Gasteiger partial charge on any atom is 0.0206 e. The van der Waals surface area contributed by atoms with Crippen molar-refractivity contribution in [3.8, 4) is 0 Å². The van der Waals surface area contributed by atoms with Gasteiger partial charge in [-0.3, -0.25) is 0 Å². The SMILES string of the molecule is CC(C)N=[N-].C[CH-]C.[Y]. The molecular weight excluding hydrogens is 189 g/mol. The van der Waals surface area contributed by atoms with E-state index in [-0.39, 0.29) is 38.8 Å². The van der Waals surface area contributed by atoms with Gasteiger partial charge in [0.1, 0.15) is 0 Å². The summed E-state index contributed by atoms with van der Waals surface area (Å²) in [5.41, 5.74) is 7.77. The predicted octanol–water partition coefficient (Wildman–Crippen LogP) is 2.64. The molecule has 0 N–H and O–H groups in total. The monoisotopic (exact) mass is 203 g/mol. The molecule has 0 unspecified atom stereocenters. The van der Waals surface area contributed by atoms with E-state index in [4.69, 9.17) is 5.53 Å². The number of rotatable bonds is 1. The molecule has 0 spiro atoms. The summed E-state index contributed by atoms with van der Waals surface area (Å²) in [7, 11) is 0. The van der Waals surface area contributed by atoms with E-state index in [1.54, 1.807) is 13.8 Å². The number of hydrogen-bond donors (Lipinski definition) is 0. The summed E-state index contributed by atoms with van der Waals surface area (Å²) in [5.74, 6) is 0. The molecule has 0 saturated carbocycles. The van der Waals surface area contributed by atoms with Crippen molar-refractivity contribution in [3.63, 3.8) is 0 Å². The van der Waals surface area contributed by atoms with Crippen molar-refractivity contribution < 1.29 is 32.7 Å². The first kappa shape index (κ1) is 16.4. The van der Waals surface area contributed by atoms with E-state index in [9.17, 15) is 0 Å². The summed E-state index contributed by atoms with van der Waals surface area (Å²) in [6, 6.07) is 0.0648. The Morgan fingerprint density at radius 3 is 1.44 bits per heavy atom. The normalized spacial score (nSPS) is 6.78. The molecule has 0 aromatic carbocycles. The van der Waals surface area contributed by atoms with Crippen LogP contribution in [0.5, 0.6) is 0 Å². The summed E-state index contributed by atoms with van der Waals surface area (Å²) in [5, 5.41) is 2.89. The zero-order chi connectivity index (χ0) is 6.99. The minimum Gasteiger partial charge on any atom is -0.712 e. The fourth-order valence-corrected chi connectivity index (χ4v) is 0. The second kappa shape index (κ2) is 15.9. The van der Waals surface area contributed by atoms with Gasteiger partial charge in [-0.2, -0.15) is 13.8 Å². The van der Waals surface area contributed by atoms with E-state index in [0.717, 1.165) is 0 Å². The average Bonchev–Trinajstić information content (AvgIpc) is 1.69. The molecule has 3 heteroatoms. The van der Waals surface area contributed by atoms with Crippen LogP contribution in [-0.2, 0) is 32.7 Å². The topological polar surface area (TPSA) is 34.7 Å². The Balaban J connectivity index is -0.0000000800. The van der Waals surface area contributed by atoms with E-state index in [1.165, 1.54) is 0 Å². The fourth-order valence-electron chi connectivity index (χ4n) is 0. The third kappa shape index (κ3) is 53.5. The summed E-state index contributed by atoms with van der Waals surface area (Å²) < 4.78 is 0. The smallest absolute Gasteiger partial charge is 0.0206 e. The minimum atomic E-state index is 0. The molecule has 0 aliphatic rings. The Bertz CT molecular complexity index is 46.3. The molecular formula is C6H14N2Y-2. The van der Waals surface area contributed by atoms with Crippen molar-refractivity contribution in [2.45, 2.75) is 33.7 Å². The van der Waals surface area contributed by atoms with Gasteiger partial charge in [0.25, 0.3) is 0 Å². The van der Waals surface area contributed by atoms with Crippen molar-refractivity contribution in [1.29, 1.82) is 0 Å². The molecule has 0 fully saturated rings. The van der Waals surface area contributed by atoms with Crippen LogP contribution in [0.15, 0.2) is 5.11 Å². The standard InChI is InChI=1S/C3H7N2.C3H7.Y/c1-3(2)5-4;1-3-2;/h3H,1-2H3;3H,1-2H3;/q2*-1;. The van der Waals surface area contributed by atoms with Gasteiger partial charge in [0.15, 0.2) is 0 Å². The molecule has 0 aromatic rings. The first-order chi connectivity index (χ1) is 3.68. The van der Waals surface area contributed by atoms with E-state index < -0.39 is 0 Å². The maximum absolute atomic E-state index is 7.77. The van der Waals surface area contributed by atoms with Gasteiger partial charge in [0.05, 0.1) is 0 Å². The molecule has 0 heterocycles. The van der Waals surface area contributed by atoms with Crippen LogP contribution in [0, 0.1) is 6.42 Å². The van der Waals surface area contributed by atoms with Crippen LogP contribution in [0.3, 0.4) is 0 Å². The van der Waals surface area contributed by atoms with Gasteiger partial charge in [-0.15, -0.1) is 0 Å². The van der Waals surface area contributed by atoms with Gasteiger partial charge in [0, 0.05) is 38.8 Å². The third-order valence-corrected chi connectivity index (χ3v) is 0.231. The molecule has 0 aromatic heterocycles. The van der Waals surface area contributed by atoms with Gasteiger partial charge < -0.3 is 17.1 Å². The molecule has 0 bridgehead atoms. The fraction of sp³-hybridized carbons (Fsp3) is 0.833. The first-order valence-corrected chi connectivity index (χ1v) is 2.77. The molecule has 0 saturated heterocycles. The van der Waals surface area contributed by atoms with E-state index in [2.05, 4.69) is 5.11 Å². The van der Waals surface area contributed by atoms with Crippen LogP contribution < -0.4 is 0 Å². The van der Waals surface area contributed by atoms with Crippen LogP contribution in [0.2, 0.25) is 0 Å². The van der Waals surface area contributed by atoms with Crippen LogP contribution in [0.1, 0.15) is 27.7 Å². The van der Waals surface area contributed by atoms with Crippen LogP contribution >= 0.6 is 0 Å². The largest absolute Gasteiger partial charge is 0.712 e. The number of hydrogen-bond acceptors (Lipinski definition) is 1. The van der Waals surface area contributed by atoms with Gasteiger partial charge in [-0.05, 0) is 13.8 Å². The summed E-state index contributed by atoms with van der Waals surface area (Å²) in [6.07, 6.45) is 2.00. The maximum atomic E-state index is 7.77. The Morgan fingerprint density at radius 2 is 1.44 bits per heavy atom.